The second kappa shape index (κ2) is 52.8. The summed E-state index contributed by atoms with van der Waals surface area (Å²) in [5, 5.41) is 31.5. The first-order valence-corrected chi connectivity index (χ1v) is 30.9. The molecule has 1 saturated heterocycles. The third-order valence-corrected chi connectivity index (χ3v) is 13.8. The average molecular weight is 1080 g/mol. The third kappa shape index (κ3) is 42.7. The number of allylic oxidation sites excluding steroid dienone is 12. The number of carboxylic acid groups (broad SMARTS) is 1. The number of esters is 3. The van der Waals surface area contributed by atoms with Crippen molar-refractivity contribution in [2.24, 2.45) is 0 Å². The van der Waals surface area contributed by atoms with Crippen LogP contribution in [0.4, 0.5) is 0 Å². The monoisotopic (exact) mass is 1080 g/mol. The largest absolute Gasteiger partial charge is 0.479 e. The van der Waals surface area contributed by atoms with E-state index < -0.39 is 67.3 Å². The molecule has 6 atom stereocenters. The summed E-state index contributed by atoms with van der Waals surface area (Å²) < 4.78 is 28.4. The molecule has 12 nitrogen and oxygen atoms in total. The van der Waals surface area contributed by atoms with Gasteiger partial charge < -0.3 is 39.0 Å². The smallest absolute Gasteiger partial charge is 0.335 e. The van der Waals surface area contributed by atoms with Crippen LogP contribution in [0.15, 0.2) is 72.9 Å². The Morgan fingerprint density at radius 1 is 0.442 bits per heavy atom. The van der Waals surface area contributed by atoms with Crippen molar-refractivity contribution in [3.63, 3.8) is 0 Å². The van der Waals surface area contributed by atoms with E-state index >= 15 is 0 Å². The Kier molecular flexibility index (Phi) is 48.8. The van der Waals surface area contributed by atoms with Gasteiger partial charge in [-0.15, -0.1) is 0 Å². The maximum absolute atomic E-state index is 13.1. The van der Waals surface area contributed by atoms with E-state index in [-0.39, 0.29) is 25.9 Å². The first-order chi connectivity index (χ1) is 37.6. The van der Waals surface area contributed by atoms with Crippen LogP contribution in [0.2, 0.25) is 0 Å². The number of ether oxygens (including phenoxy) is 5. The van der Waals surface area contributed by atoms with Gasteiger partial charge in [0.25, 0.3) is 0 Å². The van der Waals surface area contributed by atoms with Crippen LogP contribution in [0.25, 0.3) is 0 Å². The first-order valence-electron chi connectivity index (χ1n) is 30.9. The van der Waals surface area contributed by atoms with Crippen LogP contribution in [0.1, 0.15) is 265 Å². The van der Waals surface area contributed by atoms with Gasteiger partial charge in [-0.2, -0.15) is 0 Å². The Morgan fingerprint density at radius 3 is 1.31 bits per heavy atom. The second-order valence-electron chi connectivity index (χ2n) is 21.0. The van der Waals surface area contributed by atoms with E-state index in [1.807, 2.05) is 0 Å². The molecule has 0 radical (unpaired) electrons. The van der Waals surface area contributed by atoms with Gasteiger partial charge in [-0.3, -0.25) is 14.4 Å². The Balaban J connectivity index is 2.66. The van der Waals surface area contributed by atoms with Crippen molar-refractivity contribution in [1.29, 1.82) is 0 Å². The number of hydrogen-bond donors (Lipinski definition) is 3. The SMILES string of the molecule is CC/C=C\C/C=C\C/C=C\C/C=C\C/C=C\CCCCCC(=O)OCC(COC1OC(C(=O)O)C(O)C(O)C1OC(=O)CCCCCCCCCCCCCCCCCCC)OC(=O)CCCCCCC/C=C\CCCC. The van der Waals surface area contributed by atoms with Crippen LogP contribution in [0, 0.1) is 0 Å². The lowest BCUT2D eigenvalue weighted by Crippen LogP contribution is -2.61. The Bertz CT molecular complexity index is 1620. The lowest BCUT2D eigenvalue weighted by atomic mass is 9.98. The molecule has 0 bridgehead atoms. The molecule has 0 spiro atoms. The van der Waals surface area contributed by atoms with Crippen molar-refractivity contribution in [2.45, 2.75) is 302 Å². The van der Waals surface area contributed by atoms with Gasteiger partial charge in [-0.25, -0.2) is 4.79 Å². The maximum Gasteiger partial charge on any atom is 0.335 e. The van der Waals surface area contributed by atoms with Crippen molar-refractivity contribution in [3.05, 3.63) is 72.9 Å². The molecule has 0 amide bonds. The van der Waals surface area contributed by atoms with Gasteiger partial charge in [0.05, 0.1) is 6.61 Å². The molecule has 1 aliphatic rings. The molecule has 442 valence electrons. The first kappa shape index (κ1) is 71.2. The molecule has 1 aliphatic heterocycles. The van der Waals surface area contributed by atoms with Crippen LogP contribution in [-0.2, 0) is 42.9 Å². The van der Waals surface area contributed by atoms with Crippen molar-refractivity contribution in [3.8, 4) is 0 Å². The lowest BCUT2D eigenvalue weighted by molar-refractivity contribution is -0.301. The molecule has 0 saturated carbocycles. The van der Waals surface area contributed by atoms with Crippen LogP contribution in [-0.4, -0.2) is 89.2 Å². The maximum atomic E-state index is 13.1. The quantitative estimate of drug-likeness (QED) is 0.0228. The molecule has 1 heterocycles. The number of unbranched alkanes of at least 4 members (excludes halogenated alkanes) is 26. The zero-order valence-corrected chi connectivity index (χ0v) is 48.7. The number of carbonyl (C=O) groups is 4. The van der Waals surface area contributed by atoms with Crippen LogP contribution in [0.5, 0.6) is 0 Å². The van der Waals surface area contributed by atoms with E-state index in [0.29, 0.717) is 19.3 Å². The summed E-state index contributed by atoms with van der Waals surface area (Å²) in [5.74, 6) is -3.16. The summed E-state index contributed by atoms with van der Waals surface area (Å²) in [6.07, 6.45) is 54.4. The number of aliphatic carboxylic acids is 1. The van der Waals surface area contributed by atoms with E-state index in [4.69, 9.17) is 23.7 Å². The minimum absolute atomic E-state index is 0.0582. The average Bonchev–Trinajstić information content (AvgIpc) is 3.41. The predicted octanol–water partition coefficient (Wildman–Crippen LogP) is 16.1. The number of carbonyl (C=O) groups excluding carboxylic acids is 3. The van der Waals surface area contributed by atoms with Crippen molar-refractivity contribution >= 4 is 23.9 Å². The number of hydrogen-bond acceptors (Lipinski definition) is 11. The van der Waals surface area contributed by atoms with Crippen molar-refractivity contribution in [1.82, 2.24) is 0 Å². The molecule has 6 unspecified atom stereocenters. The van der Waals surface area contributed by atoms with Crippen LogP contribution < -0.4 is 0 Å². The highest BCUT2D eigenvalue weighted by atomic mass is 16.7. The summed E-state index contributed by atoms with van der Waals surface area (Å²) in [5.41, 5.74) is 0. The molecule has 0 aromatic heterocycles. The van der Waals surface area contributed by atoms with E-state index in [2.05, 4.69) is 93.7 Å². The summed E-state index contributed by atoms with van der Waals surface area (Å²) in [6.45, 7) is 5.82. The number of aliphatic hydroxyl groups is 2. The van der Waals surface area contributed by atoms with E-state index in [0.717, 1.165) is 116 Å². The topological polar surface area (TPSA) is 175 Å². The number of aliphatic hydroxyl groups excluding tert-OH is 2. The molecule has 1 fully saturated rings. The number of rotatable bonds is 52. The molecule has 1 rings (SSSR count). The Hall–Kier alpha value is -3.84. The van der Waals surface area contributed by atoms with Gasteiger partial charge in [0.2, 0.25) is 0 Å². The van der Waals surface area contributed by atoms with Gasteiger partial charge in [0.1, 0.15) is 18.8 Å². The highest BCUT2D eigenvalue weighted by Gasteiger charge is 2.50. The fraction of sp³-hybridized carbons (Fsp3) is 0.754. The Morgan fingerprint density at radius 2 is 0.831 bits per heavy atom. The molecule has 12 heteroatoms. The van der Waals surface area contributed by atoms with Gasteiger partial charge >= 0.3 is 23.9 Å². The van der Waals surface area contributed by atoms with Gasteiger partial charge in [0.15, 0.2) is 24.6 Å². The predicted molar refractivity (Wildman–Crippen MR) is 312 cm³/mol. The molecular formula is C65H110O12. The summed E-state index contributed by atoms with van der Waals surface area (Å²) in [4.78, 5) is 51.1. The van der Waals surface area contributed by atoms with Gasteiger partial charge in [0, 0.05) is 19.3 Å². The standard InChI is InChI=1S/C65H110O12/c1-4-7-10-13-16-19-22-24-26-28-29-31-32-34-37-39-42-45-48-51-57(66)73-54-56(75-58(67)52-49-46-43-40-36-21-18-15-12-9-6-3)55-74-65-63(61(70)60(69)62(77-65)64(71)72)76-59(68)53-50-47-44-41-38-35-33-30-27-25-23-20-17-14-11-8-5-2/h7,10,15-16,18-19,24,26,29,31,34,37,56,60-63,65,69-70H,4-6,8-9,11-14,17,20-23,25,27-28,30,32-33,35-36,38-55H2,1-3H3,(H,71,72)/b10-7-,18-15-,19-16-,26-24-,31-29-,37-34-. The zero-order valence-electron chi connectivity index (χ0n) is 48.7. The van der Waals surface area contributed by atoms with Crippen molar-refractivity contribution < 1.29 is 58.2 Å². The fourth-order valence-corrected chi connectivity index (χ4v) is 9.02. The third-order valence-electron chi connectivity index (χ3n) is 13.8. The second-order valence-corrected chi connectivity index (χ2v) is 21.0. The van der Waals surface area contributed by atoms with E-state index in [1.54, 1.807) is 0 Å². The minimum atomic E-state index is -1.91. The zero-order chi connectivity index (χ0) is 56.1. The Labute approximate surface area is 468 Å². The molecule has 0 aromatic rings. The summed E-state index contributed by atoms with van der Waals surface area (Å²) >= 11 is 0. The van der Waals surface area contributed by atoms with E-state index in [9.17, 15) is 34.5 Å². The molecular weight excluding hydrogens is 973 g/mol. The highest BCUT2D eigenvalue weighted by Crippen LogP contribution is 2.26. The minimum Gasteiger partial charge on any atom is -0.479 e. The van der Waals surface area contributed by atoms with Crippen LogP contribution >= 0.6 is 0 Å². The molecule has 77 heavy (non-hydrogen) atoms. The highest BCUT2D eigenvalue weighted by molar-refractivity contribution is 5.74. The van der Waals surface area contributed by atoms with Crippen molar-refractivity contribution in [2.75, 3.05) is 13.2 Å². The van der Waals surface area contributed by atoms with Crippen LogP contribution in [0.3, 0.4) is 0 Å². The molecule has 0 aliphatic carbocycles. The molecule has 3 N–H and O–H groups in total. The fourth-order valence-electron chi connectivity index (χ4n) is 9.02. The van der Waals surface area contributed by atoms with Gasteiger partial charge in [-0.1, -0.05) is 235 Å². The number of carboxylic acids is 1. The summed E-state index contributed by atoms with van der Waals surface area (Å²) in [6, 6.07) is 0. The van der Waals surface area contributed by atoms with Gasteiger partial charge in [-0.05, 0) is 83.5 Å². The summed E-state index contributed by atoms with van der Waals surface area (Å²) in [7, 11) is 0. The normalized spacial score (nSPS) is 18.5. The van der Waals surface area contributed by atoms with E-state index in [1.165, 1.54) is 89.9 Å². The lowest BCUT2D eigenvalue weighted by Gasteiger charge is -2.40. The molecule has 0 aromatic carbocycles.